The van der Waals surface area contributed by atoms with Crippen LogP contribution in [0.4, 0.5) is 0 Å². The Morgan fingerprint density at radius 3 is 0.731 bits per heavy atom. The maximum atomic E-state index is 13.1. The largest absolute Gasteiger partial charge is 0.472 e. The molecule has 0 spiro atoms. The summed E-state index contributed by atoms with van der Waals surface area (Å²) < 4.78 is 68.9. The lowest BCUT2D eigenvalue weighted by Crippen LogP contribution is -2.30. The van der Waals surface area contributed by atoms with Crippen molar-refractivity contribution in [3.05, 3.63) is 0 Å². The minimum absolute atomic E-state index is 0.108. The third-order valence-corrected chi connectivity index (χ3v) is 22.1. The molecule has 0 heterocycles. The van der Waals surface area contributed by atoms with E-state index < -0.39 is 97.5 Å². The van der Waals surface area contributed by atoms with Crippen molar-refractivity contribution in [2.75, 3.05) is 39.6 Å². The van der Waals surface area contributed by atoms with Gasteiger partial charge in [0.1, 0.15) is 19.3 Å². The molecule has 0 aromatic heterocycles. The van der Waals surface area contributed by atoms with Crippen molar-refractivity contribution in [3.8, 4) is 0 Å². The van der Waals surface area contributed by atoms with E-state index in [1.54, 1.807) is 0 Å². The Kier molecular flexibility index (Phi) is 73.7. The molecular formula is C85H166O17P2. The first-order chi connectivity index (χ1) is 50.3. The summed E-state index contributed by atoms with van der Waals surface area (Å²) in [6, 6.07) is 0. The molecule has 618 valence electrons. The van der Waals surface area contributed by atoms with Crippen LogP contribution in [-0.4, -0.2) is 96.7 Å². The molecule has 0 aliphatic rings. The third-order valence-electron chi connectivity index (χ3n) is 20.2. The summed E-state index contributed by atoms with van der Waals surface area (Å²) in [5.41, 5.74) is 0. The van der Waals surface area contributed by atoms with E-state index in [-0.39, 0.29) is 25.7 Å². The van der Waals surface area contributed by atoms with Crippen LogP contribution in [-0.2, 0) is 65.4 Å². The highest BCUT2D eigenvalue weighted by Crippen LogP contribution is 2.45. The molecule has 0 aromatic rings. The van der Waals surface area contributed by atoms with Gasteiger partial charge in [-0.3, -0.25) is 37.3 Å². The maximum absolute atomic E-state index is 13.1. The highest BCUT2D eigenvalue weighted by atomic mass is 31.2. The smallest absolute Gasteiger partial charge is 0.462 e. The highest BCUT2D eigenvalue weighted by molar-refractivity contribution is 7.47. The molecule has 0 aromatic carbocycles. The zero-order valence-electron chi connectivity index (χ0n) is 68.5. The summed E-state index contributed by atoms with van der Waals surface area (Å²) in [5, 5.41) is 10.7. The summed E-state index contributed by atoms with van der Waals surface area (Å²) in [4.78, 5) is 73.2. The Hall–Kier alpha value is -1.94. The van der Waals surface area contributed by atoms with Crippen LogP contribution in [0.2, 0.25) is 0 Å². The summed E-state index contributed by atoms with van der Waals surface area (Å²) in [7, 11) is -9.93. The number of ether oxygens (including phenoxy) is 4. The molecule has 0 rings (SSSR count). The fourth-order valence-corrected chi connectivity index (χ4v) is 14.7. The van der Waals surface area contributed by atoms with Crippen LogP contribution in [0.5, 0.6) is 0 Å². The minimum atomic E-state index is -4.97. The zero-order chi connectivity index (χ0) is 76.5. The first-order valence-electron chi connectivity index (χ1n) is 43.9. The average molecular weight is 1520 g/mol. The average Bonchev–Trinajstić information content (AvgIpc) is 0.917. The lowest BCUT2D eigenvalue weighted by Gasteiger charge is -2.21. The van der Waals surface area contributed by atoms with Crippen LogP contribution < -0.4 is 0 Å². The number of phosphoric acid groups is 2. The van der Waals surface area contributed by atoms with Crippen LogP contribution in [0.15, 0.2) is 0 Å². The van der Waals surface area contributed by atoms with Gasteiger partial charge in [0.15, 0.2) is 12.2 Å². The summed E-state index contributed by atoms with van der Waals surface area (Å²) >= 11 is 0. The number of esters is 4. The topological polar surface area (TPSA) is 237 Å². The molecule has 104 heavy (non-hydrogen) atoms. The Balaban J connectivity index is 5.24. The van der Waals surface area contributed by atoms with Gasteiger partial charge in [-0.1, -0.05) is 395 Å². The molecule has 0 saturated heterocycles. The van der Waals surface area contributed by atoms with Gasteiger partial charge in [-0.25, -0.2) is 9.13 Å². The lowest BCUT2D eigenvalue weighted by molar-refractivity contribution is -0.161. The molecule has 0 amide bonds. The second-order valence-corrected chi connectivity index (χ2v) is 34.7. The number of unbranched alkanes of at least 4 members (excludes halogenated alkanes) is 50. The SMILES string of the molecule is CCCCCCCCCCCCC(=O)OC[C@H](COP(=O)(O)OC[C@H](O)COP(=O)(O)OC[C@@H](COC(=O)CCCCCCCCCCCCCCCCC(C)CC)OC(=O)CCCCCCCCCCCCCCCCCCC(C)C)OC(=O)CCCCCCCCCCCCCCCCC(C)C. The zero-order valence-corrected chi connectivity index (χ0v) is 70.3. The van der Waals surface area contributed by atoms with Gasteiger partial charge >= 0.3 is 39.5 Å². The van der Waals surface area contributed by atoms with E-state index in [0.29, 0.717) is 25.7 Å². The van der Waals surface area contributed by atoms with Gasteiger partial charge in [0, 0.05) is 25.7 Å². The van der Waals surface area contributed by atoms with Gasteiger partial charge < -0.3 is 33.8 Å². The molecule has 0 saturated carbocycles. The molecule has 17 nitrogen and oxygen atoms in total. The minimum Gasteiger partial charge on any atom is -0.462 e. The van der Waals surface area contributed by atoms with Crippen molar-refractivity contribution in [1.29, 1.82) is 0 Å². The molecule has 19 heteroatoms. The van der Waals surface area contributed by atoms with Crippen molar-refractivity contribution >= 4 is 39.5 Å². The standard InChI is InChI=1S/C85H166O17P2/c1-8-10-11-12-13-14-38-45-52-59-66-82(87)95-72-80(101-85(90)69-62-55-48-41-34-28-21-19-24-30-36-43-50-57-64-77(5)6)74-99-103(91,92)97-70-79(86)71-98-104(93,94)100-75-81(73-96-83(88)67-60-53-46-39-32-26-22-20-25-31-37-44-51-58-65-78(7)9-2)102-84(89)68-61-54-47-40-33-27-18-16-15-17-23-29-35-42-49-56-63-76(3)4/h76-81,86H,8-75H2,1-7H3,(H,91,92)(H,93,94)/t78?,79-,80+,81+/m0/s1. The second-order valence-electron chi connectivity index (χ2n) is 31.8. The van der Waals surface area contributed by atoms with Gasteiger partial charge in [-0.05, 0) is 43.4 Å². The monoisotopic (exact) mass is 1520 g/mol. The molecule has 0 bridgehead atoms. The molecule has 0 aliphatic heterocycles. The number of carbonyl (C=O) groups is 4. The van der Waals surface area contributed by atoms with Crippen molar-refractivity contribution in [2.45, 2.75) is 465 Å². The van der Waals surface area contributed by atoms with Crippen molar-refractivity contribution < 1.29 is 80.2 Å². The number of hydrogen-bond donors (Lipinski definition) is 3. The number of rotatable bonds is 83. The van der Waals surface area contributed by atoms with Crippen molar-refractivity contribution in [2.24, 2.45) is 17.8 Å². The van der Waals surface area contributed by atoms with E-state index in [4.69, 9.17) is 37.0 Å². The quantitative estimate of drug-likeness (QED) is 0.0222. The van der Waals surface area contributed by atoms with Crippen LogP contribution in [0, 0.1) is 17.8 Å². The predicted octanol–water partition coefficient (Wildman–Crippen LogP) is 25.7. The Morgan fingerprint density at radius 1 is 0.279 bits per heavy atom. The van der Waals surface area contributed by atoms with E-state index in [9.17, 15) is 43.2 Å². The number of hydrogen-bond acceptors (Lipinski definition) is 15. The van der Waals surface area contributed by atoms with Crippen LogP contribution in [0.1, 0.15) is 447 Å². The van der Waals surface area contributed by atoms with Crippen LogP contribution >= 0.6 is 15.6 Å². The van der Waals surface area contributed by atoms with E-state index >= 15 is 0 Å². The maximum Gasteiger partial charge on any atom is 0.472 e. The van der Waals surface area contributed by atoms with Gasteiger partial charge in [-0.2, -0.15) is 0 Å². The number of carbonyl (C=O) groups excluding carboxylic acids is 4. The molecule has 6 atom stereocenters. The van der Waals surface area contributed by atoms with Gasteiger partial charge in [0.2, 0.25) is 0 Å². The summed E-state index contributed by atoms with van der Waals surface area (Å²) in [6.45, 7) is 12.1. The van der Waals surface area contributed by atoms with Crippen molar-refractivity contribution in [1.82, 2.24) is 0 Å². The summed E-state index contributed by atoms with van der Waals surface area (Å²) in [6.07, 6.45) is 65.1. The normalized spacial score (nSPS) is 14.2. The Bertz CT molecular complexity index is 2010. The Labute approximate surface area is 638 Å². The van der Waals surface area contributed by atoms with Gasteiger partial charge in [0.05, 0.1) is 26.4 Å². The third kappa shape index (κ3) is 76.8. The highest BCUT2D eigenvalue weighted by Gasteiger charge is 2.30. The van der Waals surface area contributed by atoms with Crippen molar-refractivity contribution in [3.63, 3.8) is 0 Å². The second kappa shape index (κ2) is 75.1. The molecule has 3 N–H and O–H groups in total. The first kappa shape index (κ1) is 102. The molecule has 0 radical (unpaired) electrons. The van der Waals surface area contributed by atoms with Crippen LogP contribution in [0.3, 0.4) is 0 Å². The van der Waals surface area contributed by atoms with E-state index in [2.05, 4.69) is 48.5 Å². The number of aliphatic hydroxyl groups excluding tert-OH is 1. The van der Waals surface area contributed by atoms with E-state index in [1.807, 2.05) is 0 Å². The molecule has 0 fully saturated rings. The first-order valence-corrected chi connectivity index (χ1v) is 46.9. The predicted molar refractivity (Wildman–Crippen MR) is 428 cm³/mol. The van der Waals surface area contributed by atoms with E-state index in [1.165, 1.54) is 257 Å². The number of aliphatic hydroxyl groups is 1. The molecule has 3 unspecified atom stereocenters. The van der Waals surface area contributed by atoms with Gasteiger partial charge in [0.25, 0.3) is 0 Å². The van der Waals surface area contributed by atoms with E-state index in [0.717, 1.165) is 108 Å². The molecule has 0 aliphatic carbocycles. The molecular weight excluding hydrogens is 1350 g/mol. The summed E-state index contributed by atoms with van der Waals surface area (Å²) in [5.74, 6) is 0.350. The lowest BCUT2D eigenvalue weighted by atomic mass is 9.99. The number of phosphoric ester groups is 2. The fourth-order valence-electron chi connectivity index (χ4n) is 13.2. The Morgan fingerprint density at radius 2 is 0.490 bits per heavy atom. The van der Waals surface area contributed by atoms with Gasteiger partial charge in [-0.15, -0.1) is 0 Å². The fraction of sp³-hybridized carbons (Fsp3) is 0.953. The van der Waals surface area contributed by atoms with Crippen LogP contribution in [0.25, 0.3) is 0 Å².